The summed E-state index contributed by atoms with van der Waals surface area (Å²) in [6, 6.07) is 3.46. The molecule has 6 nitrogen and oxygen atoms in total. The molecule has 110 valence electrons. The Hall–Kier alpha value is -2.24. The molecule has 1 aromatic rings. The number of nitrogens with one attached hydrogen (secondary N) is 2. The number of benzene rings is 1. The van der Waals surface area contributed by atoms with Gasteiger partial charge in [0.15, 0.2) is 0 Å². The molecule has 0 heterocycles. The first-order valence-corrected chi connectivity index (χ1v) is 6.42. The van der Waals surface area contributed by atoms with E-state index in [1.807, 2.05) is 6.92 Å². The number of carbonyl (C=O) groups is 2. The second-order valence-electron chi connectivity index (χ2n) is 4.49. The normalized spacial score (nSPS) is 9.95. The van der Waals surface area contributed by atoms with Gasteiger partial charge in [-0.3, -0.25) is 9.59 Å². The van der Waals surface area contributed by atoms with Crippen LogP contribution < -0.4 is 21.1 Å². The molecule has 0 unspecified atom stereocenters. The van der Waals surface area contributed by atoms with Crippen molar-refractivity contribution in [2.24, 2.45) is 5.73 Å². The van der Waals surface area contributed by atoms with E-state index in [0.717, 1.165) is 17.7 Å². The fourth-order valence-electron chi connectivity index (χ4n) is 1.82. The number of amides is 2. The predicted octanol–water partition coefficient (Wildman–Crippen LogP) is 1.04. The molecule has 0 saturated heterocycles. The van der Waals surface area contributed by atoms with Crippen LogP contribution in [0.5, 0.6) is 5.75 Å². The van der Waals surface area contributed by atoms with Gasteiger partial charge in [0.25, 0.3) is 5.91 Å². The zero-order valence-corrected chi connectivity index (χ0v) is 12.1. The second kappa shape index (κ2) is 7.37. The highest BCUT2D eigenvalue weighted by Gasteiger charge is 2.12. The molecule has 0 atom stereocenters. The molecule has 0 spiro atoms. The first-order chi connectivity index (χ1) is 9.45. The summed E-state index contributed by atoms with van der Waals surface area (Å²) < 4.78 is 5.16. The fraction of sp³-hybridized carbons (Fsp3) is 0.429. The Labute approximate surface area is 118 Å². The molecule has 0 aliphatic carbocycles. The van der Waals surface area contributed by atoms with Gasteiger partial charge < -0.3 is 21.1 Å². The van der Waals surface area contributed by atoms with Gasteiger partial charge in [0.2, 0.25) is 5.91 Å². The largest absolute Gasteiger partial charge is 0.496 e. The molecule has 4 N–H and O–H groups in total. The van der Waals surface area contributed by atoms with Crippen molar-refractivity contribution in [1.29, 1.82) is 0 Å². The maximum absolute atomic E-state index is 11.3. The Morgan fingerprint density at radius 2 is 2.00 bits per heavy atom. The van der Waals surface area contributed by atoms with Crippen LogP contribution in [0.2, 0.25) is 0 Å². The number of aryl methyl sites for hydroxylation is 1. The molecule has 1 rings (SSSR count). The van der Waals surface area contributed by atoms with Crippen molar-refractivity contribution in [3.05, 3.63) is 23.3 Å². The number of primary amides is 1. The van der Waals surface area contributed by atoms with E-state index in [9.17, 15) is 9.59 Å². The van der Waals surface area contributed by atoms with Crippen LogP contribution in [0, 0.1) is 6.92 Å². The highest BCUT2D eigenvalue weighted by Crippen LogP contribution is 2.26. The standard InChI is InChI=1S/C14H21N3O3/c1-9-7-11(14(15)19)13(20-3)8-12(9)17-6-4-5-16-10(2)18/h7-8,17H,4-6H2,1-3H3,(H2,15,19)(H,16,18). The summed E-state index contributed by atoms with van der Waals surface area (Å²) in [5, 5.41) is 5.97. The van der Waals surface area contributed by atoms with Crippen LogP contribution in [0.3, 0.4) is 0 Å². The van der Waals surface area contributed by atoms with Crippen LogP contribution in [0.1, 0.15) is 29.3 Å². The maximum Gasteiger partial charge on any atom is 0.252 e. The minimum Gasteiger partial charge on any atom is -0.496 e. The Bertz CT molecular complexity index is 501. The summed E-state index contributed by atoms with van der Waals surface area (Å²) in [4.78, 5) is 22.0. The summed E-state index contributed by atoms with van der Waals surface area (Å²) in [7, 11) is 1.50. The van der Waals surface area contributed by atoms with E-state index >= 15 is 0 Å². The number of hydrogen-bond acceptors (Lipinski definition) is 4. The van der Waals surface area contributed by atoms with Crippen molar-refractivity contribution >= 4 is 17.5 Å². The molecule has 0 saturated carbocycles. The topological polar surface area (TPSA) is 93.4 Å². The average molecular weight is 279 g/mol. The monoisotopic (exact) mass is 279 g/mol. The second-order valence-corrected chi connectivity index (χ2v) is 4.49. The Kier molecular flexibility index (Phi) is 5.83. The van der Waals surface area contributed by atoms with E-state index in [1.165, 1.54) is 14.0 Å². The van der Waals surface area contributed by atoms with Crippen molar-refractivity contribution in [2.45, 2.75) is 20.3 Å². The van der Waals surface area contributed by atoms with Crippen molar-refractivity contribution in [1.82, 2.24) is 5.32 Å². The molecule has 20 heavy (non-hydrogen) atoms. The molecule has 6 heteroatoms. The molecular formula is C14H21N3O3. The molecule has 2 amide bonds. The van der Waals surface area contributed by atoms with Gasteiger partial charge in [-0.25, -0.2) is 0 Å². The van der Waals surface area contributed by atoms with Gasteiger partial charge in [0.1, 0.15) is 5.75 Å². The van der Waals surface area contributed by atoms with E-state index < -0.39 is 5.91 Å². The number of nitrogens with two attached hydrogens (primary N) is 1. The predicted molar refractivity (Wildman–Crippen MR) is 78.0 cm³/mol. The third-order valence-corrected chi connectivity index (χ3v) is 2.85. The van der Waals surface area contributed by atoms with Crippen molar-refractivity contribution in [2.75, 3.05) is 25.5 Å². The highest BCUT2D eigenvalue weighted by atomic mass is 16.5. The van der Waals surface area contributed by atoms with Crippen LogP contribution in [0.15, 0.2) is 12.1 Å². The van der Waals surface area contributed by atoms with Crippen LogP contribution in [0.4, 0.5) is 5.69 Å². The first-order valence-electron chi connectivity index (χ1n) is 6.42. The molecule has 0 aliphatic rings. The number of carbonyl (C=O) groups excluding carboxylic acids is 2. The molecule has 0 radical (unpaired) electrons. The highest BCUT2D eigenvalue weighted by molar-refractivity contribution is 5.96. The van der Waals surface area contributed by atoms with Crippen LogP contribution in [0.25, 0.3) is 0 Å². The molecule has 0 aromatic heterocycles. The third kappa shape index (κ3) is 4.46. The number of methoxy groups -OCH3 is 1. The van der Waals surface area contributed by atoms with Crippen molar-refractivity contribution in [3.63, 3.8) is 0 Å². The summed E-state index contributed by atoms with van der Waals surface area (Å²) in [5.41, 5.74) is 7.47. The number of hydrogen-bond donors (Lipinski definition) is 3. The number of anilines is 1. The lowest BCUT2D eigenvalue weighted by molar-refractivity contribution is -0.118. The minimum atomic E-state index is -0.512. The third-order valence-electron chi connectivity index (χ3n) is 2.85. The van der Waals surface area contributed by atoms with E-state index in [-0.39, 0.29) is 5.91 Å². The van der Waals surface area contributed by atoms with E-state index in [1.54, 1.807) is 12.1 Å². The van der Waals surface area contributed by atoms with Crippen LogP contribution >= 0.6 is 0 Å². The lowest BCUT2D eigenvalue weighted by atomic mass is 10.1. The lowest BCUT2D eigenvalue weighted by Crippen LogP contribution is -2.22. The molecule has 0 aliphatic heterocycles. The lowest BCUT2D eigenvalue weighted by Gasteiger charge is -2.13. The molecule has 1 aromatic carbocycles. The van der Waals surface area contributed by atoms with E-state index in [0.29, 0.717) is 24.4 Å². The number of rotatable bonds is 7. The molecule has 0 bridgehead atoms. The van der Waals surface area contributed by atoms with Crippen LogP contribution in [-0.4, -0.2) is 32.0 Å². The zero-order chi connectivity index (χ0) is 15.1. The van der Waals surface area contributed by atoms with Gasteiger partial charge in [-0.2, -0.15) is 0 Å². The maximum atomic E-state index is 11.3. The fourth-order valence-corrected chi connectivity index (χ4v) is 1.82. The zero-order valence-electron chi connectivity index (χ0n) is 12.1. The Morgan fingerprint density at radius 3 is 2.55 bits per heavy atom. The average Bonchev–Trinajstić information content (AvgIpc) is 2.39. The number of ether oxygens (including phenoxy) is 1. The van der Waals surface area contributed by atoms with Gasteiger partial charge in [-0.15, -0.1) is 0 Å². The first kappa shape index (κ1) is 15.8. The van der Waals surface area contributed by atoms with Crippen molar-refractivity contribution in [3.8, 4) is 5.75 Å². The van der Waals surface area contributed by atoms with Gasteiger partial charge in [-0.05, 0) is 25.0 Å². The summed E-state index contributed by atoms with van der Waals surface area (Å²) in [6.45, 7) is 4.71. The van der Waals surface area contributed by atoms with Gasteiger partial charge in [-0.1, -0.05) is 0 Å². The Morgan fingerprint density at radius 1 is 1.30 bits per heavy atom. The minimum absolute atomic E-state index is 0.0336. The van der Waals surface area contributed by atoms with Crippen LogP contribution in [-0.2, 0) is 4.79 Å². The summed E-state index contributed by atoms with van der Waals surface area (Å²) in [5.74, 6) is -0.0942. The summed E-state index contributed by atoms with van der Waals surface area (Å²) in [6.07, 6.45) is 0.804. The summed E-state index contributed by atoms with van der Waals surface area (Å²) >= 11 is 0. The molecular weight excluding hydrogens is 258 g/mol. The smallest absolute Gasteiger partial charge is 0.252 e. The molecule has 0 fully saturated rings. The van der Waals surface area contributed by atoms with E-state index in [2.05, 4.69) is 10.6 Å². The van der Waals surface area contributed by atoms with E-state index in [4.69, 9.17) is 10.5 Å². The quantitative estimate of drug-likeness (QED) is 0.650. The Balaban J connectivity index is 2.66. The SMILES string of the molecule is COc1cc(NCCCNC(C)=O)c(C)cc1C(N)=O. The van der Waals surface area contributed by atoms with Gasteiger partial charge in [0, 0.05) is 31.8 Å². The van der Waals surface area contributed by atoms with Gasteiger partial charge >= 0.3 is 0 Å². The van der Waals surface area contributed by atoms with Gasteiger partial charge in [0.05, 0.1) is 12.7 Å². The van der Waals surface area contributed by atoms with Crippen molar-refractivity contribution < 1.29 is 14.3 Å².